The molecular weight excluding hydrogens is 296 g/mol. The summed E-state index contributed by atoms with van der Waals surface area (Å²) in [7, 11) is 1.58. The Morgan fingerprint density at radius 2 is 1.78 bits per heavy atom. The number of para-hydroxylation sites is 1. The number of nitrogens with one attached hydrogen (secondary N) is 1. The van der Waals surface area contributed by atoms with Gasteiger partial charge in [-0.25, -0.2) is 5.84 Å². The molecule has 3 N–H and O–H groups in total. The van der Waals surface area contributed by atoms with Crippen molar-refractivity contribution in [2.45, 2.75) is 0 Å². The molecule has 0 spiro atoms. The summed E-state index contributed by atoms with van der Waals surface area (Å²) < 4.78 is 11.0. The predicted molar refractivity (Wildman–Crippen MR) is 83.4 cm³/mol. The van der Waals surface area contributed by atoms with Crippen molar-refractivity contribution in [2.24, 2.45) is 5.84 Å². The van der Waals surface area contributed by atoms with Crippen molar-refractivity contribution >= 4 is 5.91 Å². The van der Waals surface area contributed by atoms with Gasteiger partial charge in [-0.15, -0.1) is 10.2 Å². The number of nitrogens with two attached hydrogens (primary N) is 1. The highest BCUT2D eigenvalue weighted by atomic mass is 16.5. The lowest BCUT2D eigenvalue weighted by molar-refractivity contribution is 0.0953. The highest BCUT2D eigenvalue weighted by molar-refractivity contribution is 5.94. The first kappa shape index (κ1) is 14.7. The number of carbonyl (C=O) groups excluding carboxylic acids is 1. The standard InChI is InChI=1S/C16H14N4O3/c1-22-13-5-3-2-4-12(13)16-20-19-15(23-16)11-8-6-10(7-9-11)14(21)18-17/h2-9H,17H2,1H3,(H,18,21). The average molecular weight is 310 g/mol. The fourth-order valence-electron chi connectivity index (χ4n) is 2.12. The molecule has 0 aliphatic heterocycles. The van der Waals surface area contributed by atoms with E-state index in [1.165, 1.54) is 0 Å². The number of aromatic nitrogens is 2. The normalized spacial score (nSPS) is 10.3. The molecular formula is C16H14N4O3. The van der Waals surface area contributed by atoms with Crippen LogP contribution in [0.3, 0.4) is 0 Å². The van der Waals surface area contributed by atoms with Gasteiger partial charge in [-0.2, -0.15) is 0 Å². The summed E-state index contributed by atoms with van der Waals surface area (Å²) in [6, 6.07) is 14.1. The summed E-state index contributed by atoms with van der Waals surface area (Å²) in [6.45, 7) is 0. The maximum atomic E-state index is 11.4. The zero-order chi connectivity index (χ0) is 16.2. The smallest absolute Gasteiger partial charge is 0.265 e. The largest absolute Gasteiger partial charge is 0.496 e. The minimum atomic E-state index is -0.364. The zero-order valence-electron chi connectivity index (χ0n) is 12.3. The number of hydrogen-bond donors (Lipinski definition) is 2. The van der Waals surface area contributed by atoms with Crippen molar-refractivity contribution in [3.05, 3.63) is 54.1 Å². The third-order valence-corrected chi connectivity index (χ3v) is 3.29. The monoisotopic (exact) mass is 310 g/mol. The van der Waals surface area contributed by atoms with Gasteiger partial charge in [0.2, 0.25) is 5.89 Å². The van der Waals surface area contributed by atoms with Crippen molar-refractivity contribution in [1.29, 1.82) is 0 Å². The van der Waals surface area contributed by atoms with Gasteiger partial charge in [-0.05, 0) is 36.4 Å². The third kappa shape index (κ3) is 2.90. The Morgan fingerprint density at radius 1 is 1.09 bits per heavy atom. The average Bonchev–Trinajstić information content (AvgIpc) is 3.11. The first-order chi connectivity index (χ1) is 11.2. The molecule has 1 aromatic heterocycles. The van der Waals surface area contributed by atoms with Crippen molar-refractivity contribution in [2.75, 3.05) is 7.11 Å². The number of hydrazine groups is 1. The molecule has 0 aliphatic carbocycles. The summed E-state index contributed by atoms with van der Waals surface area (Å²) in [5, 5.41) is 8.08. The van der Waals surface area contributed by atoms with E-state index in [1.54, 1.807) is 31.4 Å². The number of carbonyl (C=O) groups is 1. The molecule has 23 heavy (non-hydrogen) atoms. The summed E-state index contributed by atoms with van der Waals surface area (Å²) >= 11 is 0. The molecule has 0 bridgehead atoms. The van der Waals surface area contributed by atoms with Crippen LogP contribution in [0.2, 0.25) is 0 Å². The number of hydrogen-bond acceptors (Lipinski definition) is 6. The number of ether oxygens (including phenoxy) is 1. The SMILES string of the molecule is COc1ccccc1-c1nnc(-c2ccc(C(=O)NN)cc2)o1. The van der Waals surface area contributed by atoms with E-state index < -0.39 is 0 Å². The Balaban J connectivity index is 1.91. The highest BCUT2D eigenvalue weighted by Gasteiger charge is 2.14. The van der Waals surface area contributed by atoms with E-state index in [4.69, 9.17) is 15.0 Å². The number of rotatable bonds is 4. The van der Waals surface area contributed by atoms with E-state index in [0.29, 0.717) is 34.2 Å². The first-order valence-electron chi connectivity index (χ1n) is 6.81. The maximum Gasteiger partial charge on any atom is 0.265 e. The minimum absolute atomic E-state index is 0.352. The van der Waals surface area contributed by atoms with Crippen molar-refractivity contribution < 1.29 is 13.9 Å². The lowest BCUT2D eigenvalue weighted by Crippen LogP contribution is -2.29. The second kappa shape index (κ2) is 6.29. The molecule has 1 amide bonds. The van der Waals surface area contributed by atoms with E-state index in [9.17, 15) is 4.79 Å². The molecule has 1 heterocycles. The van der Waals surface area contributed by atoms with E-state index in [2.05, 4.69) is 15.6 Å². The van der Waals surface area contributed by atoms with Crippen molar-refractivity contribution in [1.82, 2.24) is 15.6 Å². The maximum absolute atomic E-state index is 11.4. The molecule has 0 unspecified atom stereocenters. The lowest BCUT2D eigenvalue weighted by Gasteiger charge is -2.03. The second-order valence-corrected chi connectivity index (χ2v) is 4.66. The zero-order valence-corrected chi connectivity index (χ0v) is 12.3. The number of amides is 1. The fourth-order valence-corrected chi connectivity index (χ4v) is 2.12. The molecule has 0 saturated carbocycles. The summed E-state index contributed by atoms with van der Waals surface area (Å²) in [5.74, 6) is 6.10. The van der Waals surface area contributed by atoms with Gasteiger partial charge in [-0.3, -0.25) is 10.2 Å². The molecule has 0 fully saturated rings. The van der Waals surface area contributed by atoms with Gasteiger partial charge >= 0.3 is 0 Å². The molecule has 2 aromatic carbocycles. The Labute approximate surface area is 132 Å². The van der Waals surface area contributed by atoms with Crippen LogP contribution in [-0.4, -0.2) is 23.2 Å². The van der Waals surface area contributed by atoms with Crippen molar-refractivity contribution in [3.63, 3.8) is 0 Å². The van der Waals surface area contributed by atoms with Gasteiger partial charge in [0.25, 0.3) is 11.8 Å². The molecule has 3 rings (SSSR count). The van der Waals surface area contributed by atoms with E-state index in [0.717, 1.165) is 0 Å². The molecule has 0 radical (unpaired) electrons. The van der Waals surface area contributed by atoms with Gasteiger partial charge in [0.1, 0.15) is 5.75 Å². The van der Waals surface area contributed by atoms with Crippen LogP contribution in [-0.2, 0) is 0 Å². The summed E-state index contributed by atoms with van der Waals surface area (Å²) in [6.07, 6.45) is 0. The Morgan fingerprint density at radius 3 is 2.48 bits per heavy atom. The molecule has 116 valence electrons. The van der Waals surface area contributed by atoms with Gasteiger partial charge in [0, 0.05) is 11.1 Å². The quantitative estimate of drug-likeness (QED) is 0.434. The number of benzene rings is 2. The molecule has 7 heteroatoms. The van der Waals surface area contributed by atoms with Crippen LogP contribution in [0.15, 0.2) is 52.9 Å². The second-order valence-electron chi connectivity index (χ2n) is 4.66. The van der Waals surface area contributed by atoms with Crippen molar-refractivity contribution in [3.8, 4) is 28.7 Å². The van der Waals surface area contributed by atoms with Crippen LogP contribution in [0, 0.1) is 0 Å². The fraction of sp³-hybridized carbons (Fsp3) is 0.0625. The first-order valence-corrected chi connectivity index (χ1v) is 6.81. The predicted octanol–water partition coefficient (Wildman–Crippen LogP) is 2.02. The van der Waals surface area contributed by atoms with Crippen LogP contribution < -0.4 is 16.0 Å². The number of nitrogen functional groups attached to an aromatic ring is 1. The number of nitrogens with zero attached hydrogens (tertiary/aromatic N) is 2. The van der Waals surface area contributed by atoms with Gasteiger partial charge < -0.3 is 9.15 Å². The third-order valence-electron chi connectivity index (χ3n) is 3.29. The Hall–Kier alpha value is -3.19. The molecule has 3 aromatic rings. The molecule has 0 saturated heterocycles. The summed E-state index contributed by atoms with van der Waals surface area (Å²) in [5.41, 5.74) is 3.94. The molecule has 7 nitrogen and oxygen atoms in total. The Kier molecular flexibility index (Phi) is 4.03. The van der Waals surface area contributed by atoms with Crippen LogP contribution in [0.25, 0.3) is 22.9 Å². The van der Waals surface area contributed by atoms with Crippen LogP contribution in [0.4, 0.5) is 0 Å². The van der Waals surface area contributed by atoms with Gasteiger partial charge in [-0.1, -0.05) is 12.1 Å². The van der Waals surface area contributed by atoms with Crippen LogP contribution in [0.5, 0.6) is 5.75 Å². The summed E-state index contributed by atoms with van der Waals surface area (Å²) in [4.78, 5) is 11.4. The molecule has 0 atom stereocenters. The van der Waals surface area contributed by atoms with Crippen LogP contribution >= 0.6 is 0 Å². The lowest BCUT2D eigenvalue weighted by atomic mass is 10.1. The topological polar surface area (TPSA) is 103 Å². The number of methoxy groups -OCH3 is 1. The molecule has 0 aliphatic rings. The van der Waals surface area contributed by atoms with Gasteiger partial charge in [0.05, 0.1) is 12.7 Å². The highest BCUT2D eigenvalue weighted by Crippen LogP contribution is 2.30. The van der Waals surface area contributed by atoms with Crippen LogP contribution in [0.1, 0.15) is 10.4 Å². The van der Waals surface area contributed by atoms with E-state index in [1.807, 2.05) is 24.3 Å². The van der Waals surface area contributed by atoms with Gasteiger partial charge in [0.15, 0.2) is 0 Å². The Bertz CT molecular complexity index is 827. The minimum Gasteiger partial charge on any atom is -0.496 e. The van der Waals surface area contributed by atoms with E-state index >= 15 is 0 Å². The van der Waals surface area contributed by atoms with E-state index in [-0.39, 0.29) is 5.91 Å².